The molecule has 0 spiro atoms. The van der Waals surface area contributed by atoms with Crippen molar-refractivity contribution in [1.29, 1.82) is 0 Å². The fraction of sp³-hybridized carbons (Fsp3) is 0.286. The fourth-order valence-electron chi connectivity index (χ4n) is 3.88. The van der Waals surface area contributed by atoms with E-state index in [2.05, 4.69) is 10.6 Å². The van der Waals surface area contributed by atoms with Crippen LogP contribution in [0, 0.1) is 0 Å². The molecule has 0 radical (unpaired) electrons. The zero-order valence-corrected chi connectivity index (χ0v) is 16.3. The molecule has 28 heavy (non-hydrogen) atoms. The van der Waals surface area contributed by atoms with E-state index >= 15 is 0 Å². The molecule has 0 saturated carbocycles. The van der Waals surface area contributed by atoms with Gasteiger partial charge in [0.05, 0.1) is 23.0 Å². The van der Waals surface area contributed by atoms with E-state index in [0.29, 0.717) is 30.0 Å². The molecule has 7 heteroatoms. The molecule has 2 atom stereocenters. The Morgan fingerprint density at radius 3 is 2.71 bits per heavy atom. The molecule has 4 rings (SSSR count). The highest BCUT2D eigenvalue weighted by atomic mass is 32.2. The number of amides is 3. The van der Waals surface area contributed by atoms with E-state index in [1.807, 2.05) is 48.7 Å². The third kappa shape index (κ3) is 3.38. The van der Waals surface area contributed by atoms with Crippen molar-refractivity contribution in [3.63, 3.8) is 0 Å². The van der Waals surface area contributed by atoms with Gasteiger partial charge in [0.15, 0.2) is 0 Å². The summed E-state index contributed by atoms with van der Waals surface area (Å²) in [5, 5.41) is 5.79. The number of rotatable bonds is 4. The average Bonchev–Trinajstić information content (AvgIpc) is 3.07. The maximum atomic E-state index is 13.2. The van der Waals surface area contributed by atoms with Crippen LogP contribution in [0.5, 0.6) is 0 Å². The maximum absolute atomic E-state index is 13.2. The van der Waals surface area contributed by atoms with Crippen molar-refractivity contribution in [3.05, 3.63) is 54.1 Å². The predicted octanol–water partition coefficient (Wildman–Crippen LogP) is 2.37. The van der Waals surface area contributed by atoms with Crippen molar-refractivity contribution in [2.45, 2.75) is 18.5 Å². The van der Waals surface area contributed by atoms with E-state index in [1.165, 1.54) is 11.8 Å². The van der Waals surface area contributed by atoms with E-state index in [-0.39, 0.29) is 23.8 Å². The number of hydrogen-bond acceptors (Lipinski definition) is 4. The van der Waals surface area contributed by atoms with Gasteiger partial charge in [0.25, 0.3) is 5.91 Å². The zero-order chi connectivity index (χ0) is 19.7. The van der Waals surface area contributed by atoms with Crippen LogP contribution in [-0.2, 0) is 9.59 Å². The maximum Gasteiger partial charge on any atom is 0.256 e. The molecular formula is C21H21N3O3S. The van der Waals surface area contributed by atoms with Crippen molar-refractivity contribution in [2.24, 2.45) is 0 Å². The Labute approximate surface area is 167 Å². The lowest BCUT2D eigenvalue weighted by molar-refractivity contribution is -0.122. The van der Waals surface area contributed by atoms with Crippen LogP contribution in [0.2, 0.25) is 0 Å². The summed E-state index contributed by atoms with van der Waals surface area (Å²) in [4.78, 5) is 39.7. The minimum absolute atomic E-state index is 0.118. The van der Waals surface area contributed by atoms with E-state index < -0.39 is 6.04 Å². The normalized spacial score (nSPS) is 20.8. The number of anilines is 1. The molecular weight excluding hydrogens is 374 g/mol. The smallest absolute Gasteiger partial charge is 0.256 e. The Kier molecular flexibility index (Phi) is 5.09. The largest absolute Gasteiger partial charge is 0.350 e. The first-order valence-electron chi connectivity index (χ1n) is 9.18. The lowest BCUT2D eigenvalue weighted by Gasteiger charge is -2.24. The summed E-state index contributed by atoms with van der Waals surface area (Å²) in [5.74, 6) is -0.226. The third-order valence-electron chi connectivity index (χ3n) is 5.16. The number of nitrogens with zero attached hydrogens (tertiary/aromatic N) is 1. The second kappa shape index (κ2) is 7.67. The van der Waals surface area contributed by atoms with Gasteiger partial charge in [-0.1, -0.05) is 36.4 Å². The number of thioether (sulfide) groups is 1. The number of hydrogen-bond donors (Lipinski definition) is 2. The highest BCUT2D eigenvalue weighted by molar-refractivity contribution is 7.99. The van der Waals surface area contributed by atoms with Crippen LogP contribution in [0.3, 0.4) is 0 Å². The Bertz CT molecular complexity index is 932. The topological polar surface area (TPSA) is 78.5 Å². The first kappa shape index (κ1) is 18.6. The molecule has 2 aliphatic rings. The SMILES string of the molecule is CSCC(=O)NC1CCN2C(=O)c3cc(-c4ccccc4)ccc3NC(=O)C12. The molecule has 2 unspecified atom stereocenters. The molecule has 0 aromatic heterocycles. The number of fused-ring (bicyclic) bond motifs is 2. The molecule has 0 bridgehead atoms. The van der Waals surface area contributed by atoms with Crippen molar-refractivity contribution in [1.82, 2.24) is 10.2 Å². The van der Waals surface area contributed by atoms with Gasteiger partial charge in [-0.2, -0.15) is 11.8 Å². The Morgan fingerprint density at radius 2 is 1.96 bits per heavy atom. The number of nitrogens with one attached hydrogen (secondary N) is 2. The number of benzene rings is 2. The second-order valence-corrected chi connectivity index (χ2v) is 7.82. The predicted molar refractivity (Wildman–Crippen MR) is 110 cm³/mol. The molecule has 6 nitrogen and oxygen atoms in total. The summed E-state index contributed by atoms with van der Waals surface area (Å²) in [7, 11) is 0. The van der Waals surface area contributed by atoms with Crippen molar-refractivity contribution < 1.29 is 14.4 Å². The van der Waals surface area contributed by atoms with E-state index in [4.69, 9.17) is 0 Å². The van der Waals surface area contributed by atoms with Gasteiger partial charge in [-0.05, 0) is 35.9 Å². The average molecular weight is 395 g/mol. The van der Waals surface area contributed by atoms with E-state index in [0.717, 1.165) is 11.1 Å². The third-order valence-corrected chi connectivity index (χ3v) is 5.72. The summed E-state index contributed by atoms with van der Waals surface area (Å²) >= 11 is 1.42. The molecule has 3 amide bonds. The van der Waals surface area contributed by atoms with Crippen molar-refractivity contribution in [2.75, 3.05) is 23.9 Å². The minimum atomic E-state index is -0.689. The van der Waals surface area contributed by atoms with Crippen LogP contribution in [0.4, 0.5) is 5.69 Å². The summed E-state index contributed by atoms with van der Waals surface area (Å²) in [5.41, 5.74) is 2.92. The van der Waals surface area contributed by atoms with Crippen LogP contribution in [0.15, 0.2) is 48.5 Å². The van der Waals surface area contributed by atoms with Crippen LogP contribution < -0.4 is 10.6 Å². The Balaban J connectivity index is 1.65. The van der Waals surface area contributed by atoms with Crippen LogP contribution in [0.25, 0.3) is 11.1 Å². The van der Waals surface area contributed by atoms with Crippen LogP contribution in [-0.4, -0.2) is 53.3 Å². The highest BCUT2D eigenvalue weighted by Gasteiger charge is 2.45. The van der Waals surface area contributed by atoms with Gasteiger partial charge in [0.1, 0.15) is 6.04 Å². The van der Waals surface area contributed by atoms with Gasteiger partial charge in [0, 0.05) is 6.54 Å². The van der Waals surface area contributed by atoms with Crippen LogP contribution >= 0.6 is 11.8 Å². The molecule has 0 aliphatic carbocycles. The minimum Gasteiger partial charge on any atom is -0.350 e. The number of carbonyl (C=O) groups is 3. The lowest BCUT2D eigenvalue weighted by atomic mass is 10.0. The van der Waals surface area contributed by atoms with Gasteiger partial charge in [0.2, 0.25) is 11.8 Å². The molecule has 144 valence electrons. The quantitative estimate of drug-likeness (QED) is 0.833. The molecule has 2 aromatic rings. The van der Waals surface area contributed by atoms with Gasteiger partial charge in [-0.3, -0.25) is 14.4 Å². The van der Waals surface area contributed by atoms with Gasteiger partial charge < -0.3 is 15.5 Å². The van der Waals surface area contributed by atoms with E-state index in [1.54, 1.807) is 11.0 Å². The first-order valence-corrected chi connectivity index (χ1v) is 10.6. The molecule has 2 aliphatic heterocycles. The van der Waals surface area contributed by atoms with E-state index in [9.17, 15) is 14.4 Å². The van der Waals surface area contributed by atoms with Gasteiger partial charge in [-0.15, -0.1) is 0 Å². The Morgan fingerprint density at radius 1 is 1.18 bits per heavy atom. The Hall–Kier alpha value is -2.80. The monoisotopic (exact) mass is 395 g/mol. The van der Waals surface area contributed by atoms with Gasteiger partial charge in [-0.25, -0.2) is 0 Å². The first-order chi connectivity index (χ1) is 13.6. The van der Waals surface area contributed by atoms with Crippen molar-refractivity contribution >= 4 is 35.2 Å². The molecule has 1 fully saturated rings. The zero-order valence-electron chi connectivity index (χ0n) is 15.5. The summed E-state index contributed by atoms with van der Waals surface area (Å²) < 4.78 is 0. The van der Waals surface area contributed by atoms with Gasteiger partial charge >= 0.3 is 0 Å². The summed E-state index contributed by atoms with van der Waals surface area (Å²) in [6, 6.07) is 14.2. The molecule has 2 aromatic carbocycles. The molecule has 2 N–H and O–H groups in total. The second-order valence-electron chi connectivity index (χ2n) is 6.95. The summed E-state index contributed by atoms with van der Waals surface area (Å²) in [6.45, 7) is 0.441. The standard InChI is InChI=1S/C21H21N3O3S/c1-28-12-18(25)22-17-9-10-24-19(17)20(26)23-16-8-7-14(11-15(16)21(24)27)13-5-3-2-4-6-13/h2-8,11,17,19H,9-10,12H2,1H3,(H,22,25)(H,23,26). The van der Waals surface area contributed by atoms with Crippen molar-refractivity contribution in [3.8, 4) is 11.1 Å². The fourth-order valence-corrected chi connectivity index (χ4v) is 4.22. The highest BCUT2D eigenvalue weighted by Crippen LogP contribution is 2.32. The number of carbonyl (C=O) groups excluding carboxylic acids is 3. The molecule has 1 saturated heterocycles. The molecule has 2 heterocycles. The van der Waals surface area contributed by atoms with Crippen LogP contribution in [0.1, 0.15) is 16.8 Å². The lowest BCUT2D eigenvalue weighted by Crippen LogP contribution is -2.51. The summed E-state index contributed by atoms with van der Waals surface area (Å²) in [6.07, 6.45) is 2.42.